The third-order valence-corrected chi connectivity index (χ3v) is 3.15. The first kappa shape index (κ1) is 13.7. The summed E-state index contributed by atoms with van der Waals surface area (Å²) in [6, 6.07) is 0. The van der Waals surface area contributed by atoms with Gasteiger partial charge >= 0.3 is 6.09 Å². The van der Waals surface area contributed by atoms with Gasteiger partial charge in [0.1, 0.15) is 5.60 Å². The van der Waals surface area contributed by atoms with Crippen LogP contribution in [0.5, 0.6) is 0 Å². The van der Waals surface area contributed by atoms with E-state index in [1.807, 2.05) is 20.8 Å². The Morgan fingerprint density at radius 2 is 2.16 bits per heavy atom. The van der Waals surface area contributed by atoms with E-state index < -0.39 is 5.60 Å². The highest BCUT2D eigenvalue weighted by Crippen LogP contribution is 2.26. The quantitative estimate of drug-likeness (QED) is 0.837. The van der Waals surface area contributed by atoms with Gasteiger partial charge in [-0.05, 0) is 27.2 Å². The number of aromatic amines is 1. The minimum Gasteiger partial charge on any atom is -0.444 e. The number of H-pyrrole nitrogens is 1. The zero-order valence-corrected chi connectivity index (χ0v) is 11.9. The Kier molecular flexibility index (Phi) is 3.43. The molecule has 1 N–H and O–H groups in total. The number of rotatable bonds is 1. The van der Waals surface area contributed by atoms with Gasteiger partial charge in [0.15, 0.2) is 0 Å². The molecule has 19 heavy (non-hydrogen) atoms. The highest BCUT2D eigenvalue weighted by Gasteiger charge is 2.32. The number of nitrogens with zero attached hydrogens (tertiary/aromatic N) is 2. The zero-order valence-electron chi connectivity index (χ0n) is 11.9. The standard InChI is InChI=1S/C13H21N3O3/c1-13(2,3)19-12(18)16-6-5-9(7-16)10-8-15(4)14-11(10)17/h8-9H,5-7H2,1-4H3,(H,14,17). The zero-order chi connectivity index (χ0) is 14.2. The predicted molar refractivity (Wildman–Crippen MR) is 71.2 cm³/mol. The molecule has 1 aliphatic rings. The topological polar surface area (TPSA) is 67.3 Å². The lowest BCUT2D eigenvalue weighted by atomic mass is 10.0. The van der Waals surface area contributed by atoms with E-state index in [9.17, 15) is 9.59 Å². The average Bonchev–Trinajstić information content (AvgIpc) is 2.82. The van der Waals surface area contributed by atoms with E-state index in [4.69, 9.17) is 4.74 Å². The molecule has 0 saturated carbocycles. The number of hydrogen-bond donors (Lipinski definition) is 1. The maximum atomic E-state index is 11.9. The van der Waals surface area contributed by atoms with Gasteiger partial charge in [0.05, 0.1) is 0 Å². The van der Waals surface area contributed by atoms with E-state index in [1.165, 1.54) is 0 Å². The number of amides is 1. The molecule has 106 valence electrons. The van der Waals surface area contributed by atoms with E-state index in [-0.39, 0.29) is 17.6 Å². The maximum Gasteiger partial charge on any atom is 0.410 e. The number of hydrogen-bond acceptors (Lipinski definition) is 3. The van der Waals surface area contributed by atoms with E-state index >= 15 is 0 Å². The van der Waals surface area contributed by atoms with Crippen LogP contribution < -0.4 is 5.56 Å². The van der Waals surface area contributed by atoms with Gasteiger partial charge in [0, 0.05) is 37.8 Å². The van der Waals surface area contributed by atoms with Crippen LogP contribution in [0.4, 0.5) is 4.79 Å². The molecule has 2 rings (SSSR count). The van der Waals surface area contributed by atoms with Crippen LogP contribution in [0.25, 0.3) is 0 Å². The Bertz CT molecular complexity index is 524. The fourth-order valence-electron chi connectivity index (χ4n) is 2.32. The van der Waals surface area contributed by atoms with Crippen molar-refractivity contribution < 1.29 is 9.53 Å². The normalized spacial score (nSPS) is 19.8. The van der Waals surface area contributed by atoms with Crippen LogP contribution in [-0.2, 0) is 11.8 Å². The Morgan fingerprint density at radius 3 is 2.68 bits per heavy atom. The van der Waals surface area contributed by atoms with Gasteiger partial charge in [0.25, 0.3) is 5.56 Å². The van der Waals surface area contributed by atoms with Crippen LogP contribution in [0.3, 0.4) is 0 Å². The van der Waals surface area contributed by atoms with E-state index in [0.717, 1.165) is 12.0 Å². The summed E-state index contributed by atoms with van der Waals surface area (Å²) < 4.78 is 6.98. The SMILES string of the molecule is Cn1cc(C2CCN(C(=O)OC(C)(C)C)C2)c(=O)[nH]1. The minimum absolute atomic E-state index is 0.0708. The number of carbonyl (C=O) groups excluding carboxylic acids is 1. The molecular formula is C13H21N3O3. The van der Waals surface area contributed by atoms with Gasteiger partial charge in [0.2, 0.25) is 0 Å². The summed E-state index contributed by atoms with van der Waals surface area (Å²) in [5.74, 6) is 0.0949. The van der Waals surface area contributed by atoms with E-state index in [1.54, 1.807) is 22.8 Å². The number of nitrogens with one attached hydrogen (secondary N) is 1. The van der Waals surface area contributed by atoms with Crippen molar-refractivity contribution in [2.75, 3.05) is 13.1 Å². The first-order valence-corrected chi connectivity index (χ1v) is 6.50. The van der Waals surface area contributed by atoms with Crippen LogP contribution in [0.1, 0.15) is 38.7 Å². The molecule has 0 bridgehead atoms. The van der Waals surface area contributed by atoms with Crippen molar-refractivity contribution in [2.24, 2.45) is 7.05 Å². The summed E-state index contributed by atoms with van der Waals surface area (Å²) in [7, 11) is 1.78. The Labute approximate surface area is 112 Å². The number of aryl methyl sites for hydroxylation is 1. The third kappa shape index (κ3) is 3.19. The molecule has 1 fully saturated rings. The molecule has 2 heterocycles. The third-order valence-electron chi connectivity index (χ3n) is 3.15. The van der Waals surface area contributed by atoms with E-state index in [0.29, 0.717) is 13.1 Å². The highest BCUT2D eigenvalue weighted by molar-refractivity contribution is 5.68. The molecule has 1 amide bonds. The lowest BCUT2D eigenvalue weighted by molar-refractivity contribution is 0.0292. The summed E-state index contributed by atoms with van der Waals surface area (Å²) in [5.41, 5.74) is 0.187. The molecule has 1 unspecified atom stereocenters. The number of carbonyl (C=O) groups is 1. The molecule has 0 aromatic carbocycles. The van der Waals surface area contributed by atoms with Gasteiger partial charge in [-0.1, -0.05) is 0 Å². The fraction of sp³-hybridized carbons (Fsp3) is 0.692. The van der Waals surface area contributed by atoms with Gasteiger partial charge in [-0.15, -0.1) is 0 Å². The van der Waals surface area contributed by atoms with Crippen LogP contribution in [0, 0.1) is 0 Å². The van der Waals surface area contributed by atoms with Crippen molar-refractivity contribution in [1.29, 1.82) is 0 Å². The summed E-state index contributed by atoms with van der Waals surface area (Å²) in [6.07, 6.45) is 2.29. The predicted octanol–water partition coefficient (Wildman–Crippen LogP) is 1.44. The second kappa shape index (κ2) is 4.75. The van der Waals surface area contributed by atoms with Crippen molar-refractivity contribution >= 4 is 6.09 Å². The van der Waals surface area contributed by atoms with Crippen LogP contribution in [0.2, 0.25) is 0 Å². The van der Waals surface area contributed by atoms with Crippen LogP contribution in [0.15, 0.2) is 11.0 Å². The molecule has 1 atom stereocenters. The molecule has 1 saturated heterocycles. The largest absolute Gasteiger partial charge is 0.444 e. The van der Waals surface area contributed by atoms with E-state index in [2.05, 4.69) is 5.10 Å². The monoisotopic (exact) mass is 267 g/mol. The number of ether oxygens (including phenoxy) is 1. The molecule has 1 aromatic heterocycles. The Balaban J connectivity index is 2.02. The van der Waals surface area contributed by atoms with Crippen molar-refractivity contribution in [2.45, 2.75) is 38.7 Å². The lowest BCUT2D eigenvalue weighted by Crippen LogP contribution is -2.35. The summed E-state index contributed by atoms with van der Waals surface area (Å²) >= 11 is 0. The van der Waals surface area contributed by atoms with Crippen molar-refractivity contribution in [3.63, 3.8) is 0 Å². The van der Waals surface area contributed by atoms with Crippen LogP contribution in [-0.4, -0.2) is 39.5 Å². The molecule has 6 nitrogen and oxygen atoms in total. The molecule has 1 aliphatic heterocycles. The molecule has 6 heteroatoms. The minimum atomic E-state index is -0.487. The summed E-state index contributed by atoms with van der Waals surface area (Å²) in [4.78, 5) is 25.3. The van der Waals surface area contributed by atoms with Crippen LogP contribution >= 0.6 is 0 Å². The second-order valence-electron chi connectivity index (χ2n) is 6.05. The first-order valence-electron chi connectivity index (χ1n) is 6.50. The van der Waals surface area contributed by atoms with Crippen molar-refractivity contribution in [1.82, 2.24) is 14.7 Å². The maximum absolute atomic E-state index is 11.9. The molecule has 0 spiro atoms. The number of aromatic nitrogens is 2. The fourth-order valence-corrected chi connectivity index (χ4v) is 2.32. The summed E-state index contributed by atoms with van der Waals surface area (Å²) in [6.45, 7) is 6.72. The van der Waals surface area contributed by atoms with Gasteiger partial charge < -0.3 is 9.64 Å². The average molecular weight is 267 g/mol. The molecule has 0 radical (unpaired) electrons. The first-order chi connectivity index (χ1) is 8.76. The van der Waals surface area contributed by atoms with Gasteiger partial charge in [-0.2, -0.15) is 0 Å². The highest BCUT2D eigenvalue weighted by atomic mass is 16.6. The molecule has 1 aromatic rings. The van der Waals surface area contributed by atoms with Gasteiger partial charge in [-0.25, -0.2) is 4.79 Å². The van der Waals surface area contributed by atoms with Crippen molar-refractivity contribution in [3.05, 3.63) is 22.1 Å². The number of likely N-dealkylation sites (tertiary alicyclic amines) is 1. The molecule has 0 aliphatic carbocycles. The van der Waals surface area contributed by atoms with Gasteiger partial charge in [-0.3, -0.25) is 14.6 Å². The Hall–Kier alpha value is -1.72. The summed E-state index contributed by atoms with van der Waals surface area (Å²) in [5, 5.41) is 2.69. The Morgan fingerprint density at radius 1 is 1.47 bits per heavy atom. The smallest absolute Gasteiger partial charge is 0.410 e. The second-order valence-corrected chi connectivity index (χ2v) is 6.05. The molecular weight excluding hydrogens is 246 g/mol. The lowest BCUT2D eigenvalue weighted by Gasteiger charge is -2.24. The van der Waals surface area contributed by atoms with Crippen molar-refractivity contribution in [3.8, 4) is 0 Å².